The molecule has 0 saturated heterocycles. The summed E-state index contributed by atoms with van der Waals surface area (Å²) in [4.78, 5) is 3.41. The summed E-state index contributed by atoms with van der Waals surface area (Å²) in [7, 11) is 0. The smallest absolute Gasteiger partial charge is 0.0606 e. The van der Waals surface area contributed by atoms with Gasteiger partial charge in [0, 0.05) is 35.3 Å². The van der Waals surface area contributed by atoms with Crippen LogP contribution in [0.5, 0.6) is 0 Å². The van der Waals surface area contributed by atoms with E-state index in [9.17, 15) is 0 Å². The molecule has 4 heteroatoms. The zero-order valence-corrected chi connectivity index (χ0v) is 11.6. The maximum atomic E-state index is 9.16. The number of benzene rings is 1. The highest BCUT2D eigenvalue weighted by molar-refractivity contribution is 7.98. The molecule has 0 aromatic heterocycles. The lowest BCUT2D eigenvalue weighted by atomic mass is 10.1. The van der Waals surface area contributed by atoms with Crippen LogP contribution in [0.25, 0.3) is 0 Å². The van der Waals surface area contributed by atoms with Gasteiger partial charge in [-0.2, -0.15) is 0 Å². The molecule has 0 spiro atoms. The van der Waals surface area contributed by atoms with Crippen molar-refractivity contribution < 1.29 is 5.11 Å². The molecule has 0 atom stereocenters. The van der Waals surface area contributed by atoms with E-state index >= 15 is 0 Å². The Bertz CT molecular complexity index is 355. The van der Waals surface area contributed by atoms with Crippen molar-refractivity contribution in [3.8, 4) is 0 Å². The van der Waals surface area contributed by atoms with E-state index in [1.165, 1.54) is 10.5 Å². The van der Waals surface area contributed by atoms with Crippen molar-refractivity contribution >= 4 is 17.4 Å². The zero-order chi connectivity index (χ0) is 12.8. The predicted octanol–water partition coefficient (Wildman–Crippen LogP) is 2.07. The quantitative estimate of drug-likeness (QED) is 0.763. The van der Waals surface area contributed by atoms with E-state index < -0.39 is 0 Å². The molecule has 0 aliphatic carbocycles. The molecular formula is C13H22N2OS. The van der Waals surface area contributed by atoms with Gasteiger partial charge in [0.25, 0.3) is 0 Å². The van der Waals surface area contributed by atoms with Gasteiger partial charge in [0.1, 0.15) is 0 Å². The Labute approximate surface area is 108 Å². The van der Waals surface area contributed by atoms with E-state index in [4.69, 9.17) is 10.8 Å². The van der Waals surface area contributed by atoms with Gasteiger partial charge in [0.2, 0.25) is 0 Å². The maximum Gasteiger partial charge on any atom is 0.0606 e. The molecule has 17 heavy (non-hydrogen) atoms. The minimum atomic E-state index is 0.158. The number of nitrogens with zero attached hydrogens (tertiary/aromatic N) is 1. The lowest BCUT2D eigenvalue weighted by Gasteiger charge is -2.30. The Morgan fingerprint density at radius 1 is 1.41 bits per heavy atom. The summed E-state index contributed by atoms with van der Waals surface area (Å²) in [6.07, 6.45) is 2.06. The van der Waals surface area contributed by atoms with Crippen molar-refractivity contribution in [3.63, 3.8) is 0 Å². The van der Waals surface area contributed by atoms with Crippen LogP contribution in [0.4, 0.5) is 5.69 Å². The van der Waals surface area contributed by atoms with Gasteiger partial charge < -0.3 is 15.7 Å². The first kappa shape index (κ1) is 14.4. The van der Waals surface area contributed by atoms with Gasteiger partial charge in [0.05, 0.1) is 6.61 Å². The fourth-order valence-corrected chi connectivity index (χ4v) is 2.63. The van der Waals surface area contributed by atoms with Crippen LogP contribution in [-0.2, 0) is 6.54 Å². The lowest BCUT2D eigenvalue weighted by Crippen LogP contribution is -2.34. The second-order valence-corrected chi connectivity index (χ2v) is 5.02. The van der Waals surface area contributed by atoms with E-state index in [1.807, 2.05) is 6.07 Å². The van der Waals surface area contributed by atoms with Crippen LogP contribution in [0.1, 0.15) is 19.4 Å². The van der Waals surface area contributed by atoms with Crippen molar-refractivity contribution in [2.45, 2.75) is 31.3 Å². The van der Waals surface area contributed by atoms with E-state index in [2.05, 4.69) is 37.1 Å². The molecule has 1 aromatic carbocycles. The first-order chi connectivity index (χ1) is 8.15. The average molecular weight is 254 g/mol. The third-order valence-electron chi connectivity index (χ3n) is 2.81. The number of thioether (sulfide) groups is 1. The summed E-state index contributed by atoms with van der Waals surface area (Å²) >= 11 is 1.71. The Balaban J connectivity index is 3.17. The normalized spacial score (nSPS) is 10.9. The van der Waals surface area contributed by atoms with Crippen LogP contribution in [0.3, 0.4) is 0 Å². The third-order valence-corrected chi connectivity index (χ3v) is 3.63. The molecular weight excluding hydrogens is 232 g/mol. The van der Waals surface area contributed by atoms with Crippen molar-refractivity contribution in [3.05, 3.63) is 23.8 Å². The third kappa shape index (κ3) is 3.37. The highest BCUT2D eigenvalue weighted by Gasteiger charge is 2.15. The predicted molar refractivity (Wildman–Crippen MR) is 75.7 cm³/mol. The average Bonchev–Trinajstić information content (AvgIpc) is 2.34. The molecule has 0 unspecified atom stereocenters. The van der Waals surface area contributed by atoms with Gasteiger partial charge in [-0.15, -0.1) is 11.8 Å². The molecule has 0 aliphatic rings. The number of aliphatic hydroxyl groups is 1. The van der Waals surface area contributed by atoms with Crippen LogP contribution < -0.4 is 10.6 Å². The van der Waals surface area contributed by atoms with Crippen molar-refractivity contribution in [2.24, 2.45) is 5.73 Å². The fourth-order valence-electron chi connectivity index (χ4n) is 1.98. The highest BCUT2D eigenvalue weighted by atomic mass is 32.2. The van der Waals surface area contributed by atoms with Gasteiger partial charge in [-0.3, -0.25) is 0 Å². The first-order valence-corrected chi connectivity index (χ1v) is 7.11. The zero-order valence-electron chi connectivity index (χ0n) is 10.8. The molecule has 3 nitrogen and oxygen atoms in total. The summed E-state index contributed by atoms with van der Waals surface area (Å²) in [5.74, 6) is 0. The lowest BCUT2D eigenvalue weighted by molar-refractivity contribution is 0.299. The number of hydrogen-bond donors (Lipinski definition) is 2. The summed E-state index contributed by atoms with van der Waals surface area (Å²) in [6.45, 7) is 5.58. The minimum absolute atomic E-state index is 0.158. The summed E-state index contributed by atoms with van der Waals surface area (Å²) in [5, 5.41) is 9.16. The van der Waals surface area contributed by atoms with Gasteiger partial charge in [-0.1, -0.05) is 6.07 Å². The molecule has 1 rings (SSSR count). The largest absolute Gasteiger partial charge is 0.395 e. The molecule has 0 amide bonds. The SMILES string of the molecule is CSc1cccc(N(CCO)C(C)C)c1CN. The van der Waals surface area contributed by atoms with E-state index in [0.717, 1.165) is 5.69 Å². The molecule has 0 aliphatic heterocycles. The van der Waals surface area contributed by atoms with Crippen LogP contribution in [0.2, 0.25) is 0 Å². The molecule has 0 heterocycles. The van der Waals surface area contributed by atoms with Gasteiger partial charge in [-0.05, 0) is 32.2 Å². The number of anilines is 1. The van der Waals surface area contributed by atoms with Gasteiger partial charge >= 0.3 is 0 Å². The van der Waals surface area contributed by atoms with Gasteiger partial charge in [0.15, 0.2) is 0 Å². The Kier molecular flexibility index (Phi) is 5.82. The molecule has 96 valence electrons. The summed E-state index contributed by atoms with van der Waals surface area (Å²) < 4.78 is 0. The summed E-state index contributed by atoms with van der Waals surface area (Å²) in [6, 6.07) is 6.57. The van der Waals surface area contributed by atoms with E-state index in [0.29, 0.717) is 19.1 Å². The first-order valence-electron chi connectivity index (χ1n) is 5.89. The Morgan fingerprint density at radius 3 is 2.59 bits per heavy atom. The topological polar surface area (TPSA) is 49.5 Å². The molecule has 3 N–H and O–H groups in total. The van der Waals surface area contributed by atoms with Crippen LogP contribution in [0, 0.1) is 0 Å². The van der Waals surface area contributed by atoms with E-state index in [-0.39, 0.29) is 6.61 Å². The second-order valence-electron chi connectivity index (χ2n) is 4.17. The molecule has 0 bridgehead atoms. The molecule has 0 radical (unpaired) electrons. The minimum Gasteiger partial charge on any atom is -0.395 e. The number of aliphatic hydroxyl groups excluding tert-OH is 1. The number of rotatable bonds is 6. The van der Waals surface area contributed by atoms with Crippen molar-refractivity contribution in [2.75, 3.05) is 24.3 Å². The Morgan fingerprint density at radius 2 is 2.12 bits per heavy atom. The van der Waals surface area contributed by atoms with Crippen molar-refractivity contribution in [1.82, 2.24) is 0 Å². The van der Waals surface area contributed by atoms with Gasteiger partial charge in [-0.25, -0.2) is 0 Å². The number of hydrogen-bond acceptors (Lipinski definition) is 4. The van der Waals surface area contributed by atoms with Crippen LogP contribution in [0.15, 0.2) is 23.1 Å². The maximum absolute atomic E-state index is 9.16. The molecule has 0 saturated carbocycles. The van der Waals surface area contributed by atoms with Crippen molar-refractivity contribution in [1.29, 1.82) is 0 Å². The Hall–Kier alpha value is -0.710. The fraction of sp³-hybridized carbons (Fsp3) is 0.538. The molecule has 0 fully saturated rings. The van der Waals surface area contributed by atoms with E-state index in [1.54, 1.807) is 11.8 Å². The second kappa shape index (κ2) is 6.89. The standard InChI is InChI=1S/C13H22N2OS/c1-10(2)15(7-8-16)12-5-4-6-13(17-3)11(12)9-14/h4-6,10,16H,7-9,14H2,1-3H3. The number of nitrogens with two attached hydrogens (primary N) is 1. The monoisotopic (exact) mass is 254 g/mol. The van der Waals surface area contributed by atoms with Crippen LogP contribution >= 0.6 is 11.8 Å². The summed E-state index contributed by atoms with van der Waals surface area (Å²) in [5.41, 5.74) is 8.17. The van der Waals surface area contributed by atoms with Crippen LogP contribution in [-0.4, -0.2) is 30.6 Å². The highest BCUT2D eigenvalue weighted by Crippen LogP contribution is 2.30. The molecule has 1 aromatic rings.